The Bertz CT molecular complexity index is 173. The number of rotatable bonds is 1. The van der Waals surface area contributed by atoms with E-state index in [1.807, 2.05) is 0 Å². The fourth-order valence-corrected chi connectivity index (χ4v) is 0.759. The first kappa shape index (κ1) is 15.0. The number of nitrogens with two attached hydrogens (primary N) is 1. The molecule has 0 saturated carbocycles. The first-order valence-corrected chi connectivity index (χ1v) is 3.26. The van der Waals surface area contributed by atoms with Gasteiger partial charge in [0.05, 0.1) is 0 Å². The molecule has 1 aliphatic heterocycles. The van der Waals surface area contributed by atoms with Gasteiger partial charge in [0.1, 0.15) is 0 Å². The first-order valence-electron chi connectivity index (χ1n) is 3.26. The number of hydrogen-bond acceptors (Lipinski definition) is 3. The summed E-state index contributed by atoms with van der Waals surface area (Å²) in [7, 11) is 0. The molecular formula is C4H10N7NaO. The van der Waals surface area contributed by atoms with Crippen LogP contribution in [0.2, 0.25) is 0 Å². The predicted octanol–water partition coefficient (Wildman–Crippen LogP) is -3.35. The maximum Gasteiger partial charge on any atom is 1.00 e. The summed E-state index contributed by atoms with van der Waals surface area (Å²) in [5.41, 5.74) is 23.7. The normalized spacial score (nSPS) is 14.5. The minimum atomic E-state index is -0.524. The fraction of sp³-hybridized carbons (Fsp3) is 0.750. The van der Waals surface area contributed by atoms with Crippen molar-refractivity contribution in [2.75, 3.05) is 13.1 Å². The molecule has 1 aliphatic rings. The van der Waals surface area contributed by atoms with Crippen LogP contribution in [0.5, 0.6) is 0 Å². The van der Waals surface area contributed by atoms with Crippen LogP contribution in [0.1, 0.15) is 6.42 Å². The molecule has 4 N–H and O–H groups in total. The number of nitrogens with zero attached hydrogens (tertiary/aromatic N) is 4. The molecule has 1 saturated heterocycles. The van der Waals surface area contributed by atoms with Gasteiger partial charge in [-0.15, -0.1) is 0 Å². The van der Waals surface area contributed by atoms with Crippen molar-refractivity contribution in [3.05, 3.63) is 16.0 Å². The summed E-state index contributed by atoms with van der Waals surface area (Å²) < 4.78 is 0. The summed E-state index contributed by atoms with van der Waals surface area (Å²) in [6, 6.07) is -0.524. The Morgan fingerprint density at radius 3 is 2.46 bits per heavy atom. The van der Waals surface area contributed by atoms with Crippen molar-refractivity contribution in [3.63, 3.8) is 0 Å². The average molecular weight is 195 g/mol. The SMILES string of the molecule is NC(=O)NN1CCCN1.[N-]=[N+]=[N-].[Na+]. The van der Waals surface area contributed by atoms with Gasteiger partial charge in [0.2, 0.25) is 0 Å². The van der Waals surface area contributed by atoms with Crippen LogP contribution in [0.15, 0.2) is 0 Å². The second-order valence-electron chi connectivity index (χ2n) is 1.98. The molecule has 2 amide bonds. The maximum atomic E-state index is 10.2. The predicted molar refractivity (Wildman–Crippen MR) is 42.1 cm³/mol. The van der Waals surface area contributed by atoms with Crippen LogP contribution >= 0.6 is 0 Å². The average Bonchev–Trinajstić information content (AvgIpc) is 2.40. The molecule has 0 aromatic carbocycles. The molecule has 9 heteroatoms. The summed E-state index contributed by atoms with van der Waals surface area (Å²) in [5.74, 6) is 0. The van der Waals surface area contributed by atoms with Crippen molar-refractivity contribution < 1.29 is 34.4 Å². The van der Waals surface area contributed by atoms with Gasteiger partial charge in [-0.3, -0.25) is 10.3 Å². The summed E-state index contributed by atoms with van der Waals surface area (Å²) in [4.78, 5) is 11.7. The van der Waals surface area contributed by atoms with Crippen LogP contribution in [0, 0.1) is 0 Å². The maximum absolute atomic E-state index is 10.2. The van der Waals surface area contributed by atoms with E-state index in [9.17, 15) is 4.79 Å². The van der Waals surface area contributed by atoms with E-state index < -0.39 is 6.03 Å². The second kappa shape index (κ2) is 9.59. The van der Waals surface area contributed by atoms with Crippen molar-refractivity contribution in [2.45, 2.75) is 6.42 Å². The topological polar surface area (TPSA) is 129 Å². The second-order valence-corrected chi connectivity index (χ2v) is 1.98. The minimum absolute atomic E-state index is 0. The third-order valence-electron chi connectivity index (χ3n) is 1.11. The Labute approximate surface area is 97.5 Å². The molecule has 1 rings (SSSR count). The number of primary amides is 1. The van der Waals surface area contributed by atoms with Crippen LogP contribution in [-0.2, 0) is 0 Å². The molecule has 1 heterocycles. The molecule has 0 atom stereocenters. The Morgan fingerprint density at radius 2 is 2.15 bits per heavy atom. The van der Waals surface area contributed by atoms with Crippen LogP contribution in [0.3, 0.4) is 0 Å². The van der Waals surface area contributed by atoms with E-state index in [4.69, 9.17) is 16.8 Å². The minimum Gasteiger partial charge on any atom is -0.373 e. The summed E-state index contributed by atoms with van der Waals surface area (Å²) in [6.45, 7) is 1.73. The van der Waals surface area contributed by atoms with Crippen molar-refractivity contribution in [3.8, 4) is 0 Å². The number of nitrogens with one attached hydrogen (secondary N) is 2. The van der Waals surface area contributed by atoms with Gasteiger partial charge in [-0.1, -0.05) is 0 Å². The monoisotopic (exact) mass is 195 g/mol. The zero-order valence-corrected chi connectivity index (χ0v) is 9.40. The first-order chi connectivity index (χ1) is 5.70. The van der Waals surface area contributed by atoms with Gasteiger partial charge in [0.25, 0.3) is 0 Å². The van der Waals surface area contributed by atoms with E-state index in [-0.39, 0.29) is 29.6 Å². The Kier molecular flexibility index (Phi) is 11.1. The standard InChI is InChI=1S/C4H10N4O.N3.Na/c5-4(9)7-8-3-1-2-6-8;1-3-2;/h6H,1-3H2,(H3,5,7,9);;/q;-1;+1. The zero-order valence-electron chi connectivity index (χ0n) is 7.40. The molecule has 0 aromatic heterocycles. The zero-order chi connectivity index (χ0) is 9.40. The molecule has 0 aromatic rings. The third-order valence-corrected chi connectivity index (χ3v) is 1.11. The van der Waals surface area contributed by atoms with Crippen molar-refractivity contribution in [1.29, 1.82) is 0 Å². The molecular weight excluding hydrogens is 185 g/mol. The van der Waals surface area contributed by atoms with E-state index in [2.05, 4.69) is 10.9 Å². The molecule has 0 aliphatic carbocycles. The largest absolute Gasteiger partial charge is 1.00 e. The van der Waals surface area contributed by atoms with E-state index in [0.29, 0.717) is 0 Å². The van der Waals surface area contributed by atoms with Gasteiger partial charge in [0.15, 0.2) is 0 Å². The number of amides is 2. The fourth-order valence-electron chi connectivity index (χ4n) is 0.759. The molecule has 0 radical (unpaired) electrons. The molecule has 0 bridgehead atoms. The smallest absolute Gasteiger partial charge is 0.373 e. The van der Waals surface area contributed by atoms with Crippen LogP contribution in [-0.4, -0.2) is 24.2 Å². The van der Waals surface area contributed by atoms with E-state index in [1.54, 1.807) is 5.12 Å². The Hall–Kier alpha value is -0.500. The van der Waals surface area contributed by atoms with Crippen LogP contribution < -0.4 is 46.1 Å². The number of hydrazine groups is 2. The molecule has 0 spiro atoms. The van der Waals surface area contributed by atoms with Crippen LogP contribution in [0.4, 0.5) is 4.79 Å². The number of urea groups is 1. The van der Waals surface area contributed by atoms with Crippen LogP contribution in [0.25, 0.3) is 16.0 Å². The van der Waals surface area contributed by atoms with Gasteiger partial charge in [-0.25, -0.2) is 10.2 Å². The van der Waals surface area contributed by atoms with Crippen molar-refractivity contribution in [1.82, 2.24) is 16.0 Å². The van der Waals surface area contributed by atoms with Gasteiger partial charge in [-0.05, 0) is 6.42 Å². The summed E-state index contributed by atoms with van der Waals surface area (Å²) in [5, 5.41) is 1.59. The number of carbonyl (C=O) groups excluding carboxylic acids is 1. The summed E-state index contributed by atoms with van der Waals surface area (Å²) in [6.07, 6.45) is 1.04. The quantitative estimate of drug-likeness (QED) is 0.175. The van der Waals surface area contributed by atoms with Gasteiger partial charge >= 0.3 is 35.6 Å². The number of hydrogen-bond donors (Lipinski definition) is 3. The Balaban J connectivity index is 0. The van der Waals surface area contributed by atoms with Gasteiger partial charge < -0.3 is 16.8 Å². The van der Waals surface area contributed by atoms with E-state index >= 15 is 0 Å². The van der Waals surface area contributed by atoms with Gasteiger partial charge in [-0.2, -0.15) is 5.12 Å². The molecule has 68 valence electrons. The molecule has 0 unspecified atom stereocenters. The van der Waals surface area contributed by atoms with E-state index in [1.165, 1.54) is 4.91 Å². The Morgan fingerprint density at radius 1 is 1.62 bits per heavy atom. The molecule has 8 nitrogen and oxygen atoms in total. The summed E-state index contributed by atoms with van der Waals surface area (Å²) >= 11 is 0. The van der Waals surface area contributed by atoms with Crippen molar-refractivity contribution in [2.24, 2.45) is 5.73 Å². The molecule has 1 fully saturated rings. The van der Waals surface area contributed by atoms with Gasteiger partial charge in [0, 0.05) is 13.1 Å². The third kappa shape index (κ3) is 9.41. The molecule has 13 heavy (non-hydrogen) atoms. The van der Waals surface area contributed by atoms with E-state index in [0.717, 1.165) is 19.5 Å². The number of carbonyl (C=O) groups is 1. The van der Waals surface area contributed by atoms with Crippen molar-refractivity contribution >= 4 is 6.03 Å².